The third-order valence-corrected chi connectivity index (χ3v) is 7.49. The van der Waals surface area contributed by atoms with Gasteiger partial charge in [0, 0.05) is 35.0 Å². The van der Waals surface area contributed by atoms with E-state index in [1.54, 1.807) is 12.5 Å². The van der Waals surface area contributed by atoms with Gasteiger partial charge in [0.05, 0.1) is 0 Å². The Morgan fingerprint density at radius 3 is 2.33 bits per heavy atom. The lowest BCUT2D eigenvalue weighted by Gasteiger charge is -2.22. The molecule has 0 aromatic rings. The summed E-state index contributed by atoms with van der Waals surface area (Å²) in [6.07, 6.45) is 6.07. The number of carbonyl (C=O) groups excluding carboxylic acids is 2. The largest absolute Gasteiger partial charge is 0.300 e. The Kier molecular flexibility index (Phi) is 10.4. The van der Waals surface area contributed by atoms with E-state index < -0.39 is 0 Å². The average molecular weight is 371 g/mol. The molecule has 3 atom stereocenters. The fraction of sp³-hybridized carbons (Fsp3) is 0.800. The second kappa shape index (κ2) is 11.4. The number of allylic oxidation sites excluding steroid dienone is 1. The number of carbonyl (C=O) groups is 2. The highest BCUT2D eigenvalue weighted by atomic mass is 32.2. The minimum Gasteiger partial charge on any atom is -0.300 e. The first-order valence-corrected chi connectivity index (χ1v) is 11.5. The summed E-state index contributed by atoms with van der Waals surface area (Å²) in [5, 5.41) is 0. The maximum absolute atomic E-state index is 11.9. The summed E-state index contributed by atoms with van der Waals surface area (Å²) in [6.45, 7) is 9.75. The van der Waals surface area contributed by atoms with Gasteiger partial charge in [0.2, 0.25) is 0 Å². The van der Waals surface area contributed by atoms with E-state index in [0.717, 1.165) is 23.2 Å². The van der Waals surface area contributed by atoms with Crippen LogP contribution in [0.1, 0.15) is 53.9 Å². The van der Waals surface area contributed by atoms with Crippen LogP contribution in [-0.4, -0.2) is 34.6 Å². The van der Waals surface area contributed by atoms with E-state index in [1.807, 2.05) is 44.3 Å². The summed E-state index contributed by atoms with van der Waals surface area (Å²) < 4.78 is 0. The Morgan fingerprint density at radius 2 is 1.79 bits per heavy atom. The molecule has 1 aliphatic carbocycles. The Hall–Kier alpha value is -0.220. The van der Waals surface area contributed by atoms with E-state index in [2.05, 4.69) is 13.0 Å². The Balaban J connectivity index is 2.19. The van der Waals surface area contributed by atoms with Crippen LogP contribution in [0.2, 0.25) is 0 Å². The van der Waals surface area contributed by atoms with Crippen molar-refractivity contribution in [2.24, 2.45) is 23.7 Å². The van der Waals surface area contributed by atoms with Gasteiger partial charge < -0.3 is 0 Å². The SMILES string of the molecule is CC(=O)C(C)CSCC1CC=C(CSCC(C)C(=O)C(C)C)CC1. The van der Waals surface area contributed by atoms with Crippen LogP contribution in [0.4, 0.5) is 0 Å². The zero-order valence-corrected chi connectivity index (χ0v) is 17.6. The van der Waals surface area contributed by atoms with Crippen molar-refractivity contribution in [3.05, 3.63) is 11.6 Å². The standard InChI is InChI=1S/C20H34O2S2/c1-14(2)20(22)16(4)11-24-13-19-8-6-18(7-9-19)12-23-10-15(3)17(5)21/h8,14-16,18H,6-7,9-13H2,1-5H3. The molecule has 4 heteroatoms. The molecule has 138 valence electrons. The molecule has 0 heterocycles. The molecule has 3 unspecified atom stereocenters. The molecule has 0 N–H and O–H groups in total. The number of Topliss-reactive ketones (excluding diaryl/α,β-unsaturated/α-hetero) is 2. The average Bonchev–Trinajstić information content (AvgIpc) is 2.55. The second-order valence-electron chi connectivity index (χ2n) is 7.53. The van der Waals surface area contributed by atoms with Crippen LogP contribution >= 0.6 is 23.5 Å². The first-order valence-electron chi connectivity index (χ1n) is 9.18. The zero-order valence-electron chi connectivity index (χ0n) is 16.0. The number of rotatable bonds is 11. The molecule has 0 spiro atoms. The Labute approximate surface area is 157 Å². The molecule has 0 radical (unpaired) electrons. The van der Waals surface area contributed by atoms with Gasteiger partial charge in [-0.25, -0.2) is 0 Å². The third kappa shape index (κ3) is 8.24. The molecular formula is C20H34O2S2. The highest BCUT2D eigenvalue weighted by Crippen LogP contribution is 2.29. The normalized spacial score (nSPS) is 20.6. The van der Waals surface area contributed by atoms with Crippen molar-refractivity contribution in [2.75, 3.05) is 23.0 Å². The van der Waals surface area contributed by atoms with Gasteiger partial charge in [0.25, 0.3) is 0 Å². The maximum atomic E-state index is 11.9. The van der Waals surface area contributed by atoms with Crippen LogP contribution in [0.3, 0.4) is 0 Å². The lowest BCUT2D eigenvalue weighted by atomic mass is 9.92. The van der Waals surface area contributed by atoms with Crippen molar-refractivity contribution in [1.82, 2.24) is 0 Å². The Morgan fingerprint density at radius 1 is 1.12 bits per heavy atom. The van der Waals surface area contributed by atoms with Gasteiger partial charge in [0.15, 0.2) is 0 Å². The summed E-state index contributed by atoms with van der Waals surface area (Å²) >= 11 is 3.84. The predicted molar refractivity (Wildman–Crippen MR) is 109 cm³/mol. The monoisotopic (exact) mass is 370 g/mol. The van der Waals surface area contributed by atoms with Crippen molar-refractivity contribution < 1.29 is 9.59 Å². The van der Waals surface area contributed by atoms with Gasteiger partial charge in [-0.1, -0.05) is 39.3 Å². The first kappa shape index (κ1) is 21.8. The van der Waals surface area contributed by atoms with Crippen molar-refractivity contribution >= 4 is 35.1 Å². The summed E-state index contributed by atoms with van der Waals surface area (Å²) in [4.78, 5) is 23.2. The quantitative estimate of drug-likeness (QED) is 0.464. The van der Waals surface area contributed by atoms with E-state index in [9.17, 15) is 9.59 Å². The summed E-state index contributed by atoms with van der Waals surface area (Å²) in [6, 6.07) is 0. The number of hydrogen-bond acceptors (Lipinski definition) is 4. The van der Waals surface area contributed by atoms with Crippen LogP contribution in [0, 0.1) is 23.7 Å². The van der Waals surface area contributed by atoms with Crippen LogP contribution < -0.4 is 0 Å². The van der Waals surface area contributed by atoms with Gasteiger partial charge in [-0.05, 0) is 37.9 Å². The lowest BCUT2D eigenvalue weighted by Crippen LogP contribution is -2.19. The molecule has 2 nitrogen and oxygen atoms in total. The zero-order chi connectivity index (χ0) is 18.1. The topological polar surface area (TPSA) is 34.1 Å². The minimum absolute atomic E-state index is 0.151. The summed E-state index contributed by atoms with van der Waals surface area (Å²) in [7, 11) is 0. The van der Waals surface area contributed by atoms with Crippen LogP contribution in [-0.2, 0) is 9.59 Å². The fourth-order valence-corrected chi connectivity index (χ4v) is 5.29. The lowest BCUT2D eigenvalue weighted by molar-refractivity contribution is -0.124. The third-order valence-electron chi connectivity index (χ3n) is 4.74. The molecule has 0 bridgehead atoms. The maximum Gasteiger partial charge on any atom is 0.139 e. The molecule has 0 aromatic carbocycles. The molecule has 24 heavy (non-hydrogen) atoms. The molecule has 0 saturated heterocycles. The molecule has 1 rings (SSSR count). The van der Waals surface area contributed by atoms with Crippen molar-refractivity contribution in [3.8, 4) is 0 Å². The van der Waals surface area contributed by atoms with Gasteiger partial charge in [-0.15, -0.1) is 0 Å². The second-order valence-corrected chi connectivity index (χ2v) is 9.63. The smallest absolute Gasteiger partial charge is 0.139 e. The van der Waals surface area contributed by atoms with Gasteiger partial charge in [-0.2, -0.15) is 23.5 Å². The van der Waals surface area contributed by atoms with Gasteiger partial charge in [0.1, 0.15) is 11.6 Å². The van der Waals surface area contributed by atoms with Gasteiger partial charge in [-0.3, -0.25) is 9.59 Å². The van der Waals surface area contributed by atoms with E-state index in [1.165, 1.54) is 25.0 Å². The van der Waals surface area contributed by atoms with Gasteiger partial charge >= 0.3 is 0 Å². The fourth-order valence-electron chi connectivity index (χ4n) is 2.77. The molecule has 1 aliphatic rings. The Bertz CT molecular complexity index is 443. The van der Waals surface area contributed by atoms with Crippen molar-refractivity contribution in [2.45, 2.75) is 53.9 Å². The molecule has 0 saturated carbocycles. The number of ketones is 2. The van der Waals surface area contributed by atoms with E-state index >= 15 is 0 Å². The van der Waals surface area contributed by atoms with E-state index in [-0.39, 0.29) is 17.8 Å². The molecule has 0 aromatic heterocycles. The molecule has 0 fully saturated rings. The minimum atomic E-state index is 0.151. The molecule has 0 amide bonds. The number of hydrogen-bond donors (Lipinski definition) is 0. The van der Waals surface area contributed by atoms with E-state index in [0.29, 0.717) is 11.6 Å². The molecular weight excluding hydrogens is 336 g/mol. The van der Waals surface area contributed by atoms with Crippen molar-refractivity contribution in [3.63, 3.8) is 0 Å². The van der Waals surface area contributed by atoms with Crippen molar-refractivity contribution in [1.29, 1.82) is 0 Å². The van der Waals surface area contributed by atoms with E-state index in [4.69, 9.17) is 0 Å². The van der Waals surface area contributed by atoms with Crippen LogP contribution in [0.15, 0.2) is 11.6 Å². The highest BCUT2D eigenvalue weighted by molar-refractivity contribution is 7.99. The molecule has 0 aliphatic heterocycles. The first-order chi connectivity index (χ1) is 11.3. The predicted octanol–water partition coefficient (Wildman–Crippen LogP) is 5.27. The number of thioether (sulfide) groups is 2. The summed E-state index contributed by atoms with van der Waals surface area (Å²) in [5.74, 6) is 6.13. The van der Waals surface area contributed by atoms with Crippen LogP contribution in [0.5, 0.6) is 0 Å². The highest BCUT2D eigenvalue weighted by Gasteiger charge is 2.18. The van der Waals surface area contributed by atoms with Crippen LogP contribution in [0.25, 0.3) is 0 Å². The summed E-state index contributed by atoms with van der Waals surface area (Å²) in [5.41, 5.74) is 1.56.